The van der Waals surface area contributed by atoms with Crippen molar-refractivity contribution in [2.24, 2.45) is 0 Å². The van der Waals surface area contributed by atoms with Crippen LogP contribution in [0.25, 0.3) is 0 Å². The van der Waals surface area contributed by atoms with E-state index in [1.165, 1.54) is 11.5 Å². The van der Waals surface area contributed by atoms with Gasteiger partial charge in [-0.25, -0.2) is 0 Å². The van der Waals surface area contributed by atoms with Gasteiger partial charge in [0.1, 0.15) is 0 Å². The molecule has 2 heterocycles. The lowest BCUT2D eigenvalue weighted by Crippen LogP contribution is -2.26. The van der Waals surface area contributed by atoms with Gasteiger partial charge in [0.2, 0.25) is 0 Å². The van der Waals surface area contributed by atoms with Crippen molar-refractivity contribution in [3.63, 3.8) is 0 Å². The summed E-state index contributed by atoms with van der Waals surface area (Å²) in [6, 6.07) is 0.0451. The quantitative estimate of drug-likeness (QED) is 0.782. The SMILES string of the molecule is CCCNC(c1cnns1)c1c(Br)cnn1CCOC. The van der Waals surface area contributed by atoms with E-state index in [1.54, 1.807) is 13.3 Å². The molecule has 0 radical (unpaired) electrons. The van der Waals surface area contributed by atoms with E-state index in [-0.39, 0.29) is 6.04 Å². The summed E-state index contributed by atoms with van der Waals surface area (Å²) in [6.45, 7) is 4.41. The average Bonchev–Trinajstić information content (AvgIpc) is 3.09. The predicted octanol–water partition coefficient (Wildman–Crippen LogP) is 2.23. The van der Waals surface area contributed by atoms with Crippen molar-refractivity contribution in [3.05, 3.63) is 27.4 Å². The molecular weight excluding hydrogens is 342 g/mol. The molecule has 0 spiro atoms. The van der Waals surface area contributed by atoms with Gasteiger partial charge in [-0.1, -0.05) is 11.4 Å². The van der Waals surface area contributed by atoms with Crippen molar-refractivity contribution < 1.29 is 4.74 Å². The van der Waals surface area contributed by atoms with Crippen molar-refractivity contribution in [1.82, 2.24) is 24.7 Å². The van der Waals surface area contributed by atoms with E-state index in [0.29, 0.717) is 13.2 Å². The van der Waals surface area contributed by atoms with E-state index >= 15 is 0 Å². The molecule has 1 atom stereocenters. The van der Waals surface area contributed by atoms with Gasteiger partial charge in [-0.05, 0) is 40.4 Å². The summed E-state index contributed by atoms with van der Waals surface area (Å²) in [6.07, 6.45) is 4.69. The van der Waals surface area contributed by atoms with E-state index < -0.39 is 0 Å². The lowest BCUT2D eigenvalue weighted by atomic mass is 10.1. The van der Waals surface area contributed by atoms with Crippen molar-refractivity contribution in [2.45, 2.75) is 25.9 Å². The monoisotopic (exact) mass is 359 g/mol. The van der Waals surface area contributed by atoms with Crippen LogP contribution in [0.1, 0.15) is 30.0 Å². The minimum atomic E-state index is 0.0451. The van der Waals surface area contributed by atoms with Gasteiger partial charge in [-0.2, -0.15) is 5.10 Å². The van der Waals surface area contributed by atoms with Crippen molar-refractivity contribution in [3.8, 4) is 0 Å². The van der Waals surface area contributed by atoms with Gasteiger partial charge in [0.15, 0.2) is 0 Å². The fraction of sp³-hybridized carbons (Fsp3) is 0.583. The number of nitrogens with zero attached hydrogens (tertiary/aromatic N) is 4. The smallest absolute Gasteiger partial charge is 0.0885 e. The molecule has 110 valence electrons. The fourth-order valence-electron chi connectivity index (χ4n) is 1.94. The number of hydrogen-bond acceptors (Lipinski definition) is 6. The molecule has 6 nitrogen and oxygen atoms in total. The lowest BCUT2D eigenvalue weighted by Gasteiger charge is -2.18. The first-order valence-electron chi connectivity index (χ1n) is 6.48. The molecule has 0 saturated carbocycles. The third-order valence-corrected chi connectivity index (χ3v) is 4.21. The Hall–Kier alpha value is -0.830. The molecule has 1 N–H and O–H groups in total. The highest BCUT2D eigenvalue weighted by Crippen LogP contribution is 2.29. The fourth-order valence-corrected chi connectivity index (χ4v) is 3.05. The minimum absolute atomic E-state index is 0.0451. The molecular formula is C12H18BrN5OS. The molecule has 0 aliphatic rings. The zero-order chi connectivity index (χ0) is 14.4. The van der Waals surface area contributed by atoms with Crippen molar-refractivity contribution in [2.75, 3.05) is 20.3 Å². The zero-order valence-corrected chi connectivity index (χ0v) is 13.9. The molecule has 0 saturated heterocycles. The number of rotatable bonds is 8. The molecule has 2 rings (SSSR count). The van der Waals surface area contributed by atoms with Crippen molar-refractivity contribution >= 4 is 27.5 Å². The van der Waals surface area contributed by atoms with E-state index in [4.69, 9.17) is 4.74 Å². The van der Waals surface area contributed by atoms with Gasteiger partial charge in [-0.15, -0.1) is 5.10 Å². The highest BCUT2D eigenvalue weighted by Gasteiger charge is 2.23. The third kappa shape index (κ3) is 3.63. The number of halogens is 1. The molecule has 0 fully saturated rings. The van der Waals surface area contributed by atoms with E-state index in [2.05, 4.69) is 42.9 Å². The molecule has 1 unspecified atom stereocenters. The Morgan fingerprint density at radius 1 is 1.50 bits per heavy atom. The molecule has 0 aliphatic carbocycles. The summed E-state index contributed by atoms with van der Waals surface area (Å²) >= 11 is 4.99. The number of aromatic nitrogens is 4. The Labute approximate surface area is 130 Å². The number of methoxy groups -OCH3 is 1. The average molecular weight is 360 g/mol. The van der Waals surface area contributed by atoms with Gasteiger partial charge in [0.25, 0.3) is 0 Å². The van der Waals surface area contributed by atoms with Gasteiger partial charge in [0.05, 0.1) is 46.6 Å². The first-order chi connectivity index (χ1) is 9.77. The Balaban J connectivity index is 2.30. The zero-order valence-electron chi connectivity index (χ0n) is 11.5. The summed E-state index contributed by atoms with van der Waals surface area (Å²) in [7, 11) is 1.69. The summed E-state index contributed by atoms with van der Waals surface area (Å²) in [5.74, 6) is 0. The third-order valence-electron chi connectivity index (χ3n) is 2.88. The Morgan fingerprint density at radius 3 is 3.00 bits per heavy atom. The Bertz CT molecular complexity index is 516. The van der Waals surface area contributed by atoms with Gasteiger partial charge >= 0.3 is 0 Å². The van der Waals surface area contributed by atoms with Crippen LogP contribution in [-0.2, 0) is 11.3 Å². The molecule has 2 aromatic heterocycles. The van der Waals surface area contributed by atoms with Crippen LogP contribution in [0.3, 0.4) is 0 Å². The largest absolute Gasteiger partial charge is 0.383 e. The number of hydrogen-bond donors (Lipinski definition) is 1. The molecule has 0 bridgehead atoms. The molecule has 0 aromatic carbocycles. The van der Waals surface area contributed by atoms with E-state index in [1.807, 2.05) is 10.9 Å². The van der Waals surface area contributed by atoms with Crippen LogP contribution >= 0.6 is 27.5 Å². The molecule has 8 heteroatoms. The number of nitrogens with one attached hydrogen (secondary N) is 1. The van der Waals surface area contributed by atoms with Gasteiger partial charge in [-0.3, -0.25) is 4.68 Å². The second-order valence-electron chi connectivity index (χ2n) is 4.30. The summed E-state index contributed by atoms with van der Waals surface area (Å²) in [4.78, 5) is 1.08. The first kappa shape index (κ1) is 15.6. The van der Waals surface area contributed by atoms with Crippen molar-refractivity contribution in [1.29, 1.82) is 0 Å². The maximum absolute atomic E-state index is 5.14. The Kier molecular flexibility index (Phi) is 6.08. The second-order valence-corrected chi connectivity index (χ2v) is 5.97. The minimum Gasteiger partial charge on any atom is -0.383 e. The molecule has 2 aromatic rings. The van der Waals surface area contributed by atoms with Crippen LogP contribution in [0.4, 0.5) is 0 Å². The standard InChI is InChI=1S/C12H18BrN5OS/c1-3-4-14-11(10-8-15-17-20-10)12-9(13)7-16-18(12)5-6-19-2/h7-8,11,14H,3-6H2,1-2H3. The number of ether oxygens (including phenoxy) is 1. The second kappa shape index (κ2) is 7.82. The highest BCUT2D eigenvalue weighted by atomic mass is 79.9. The topological polar surface area (TPSA) is 64.9 Å². The molecule has 0 aliphatic heterocycles. The first-order valence-corrected chi connectivity index (χ1v) is 8.05. The lowest BCUT2D eigenvalue weighted by molar-refractivity contribution is 0.182. The summed E-state index contributed by atoms with van der Waals surface area (Å²) in [5, 5.41) is 11.9. The van der Waals surface area contributed by atoms with Crippen LogP contribution < -0.4 is 5.32 Å². The molecule has 0 amide bonds. The van der Waals surface area contributed by atoms with Crippen LogP contribution in [-0.4, -0.2) is 39.6 Å². The van der Waals surface area contributed by atoms with Gasteiger partial charge < -0.3 is 10.1 Å². The summed E-state index contributed by atoms with van der Waals surface area (Å²) in [5.41, 5.74) is 1.08. The molecule has 20 heavy (non-hydrogen) atoms. The van der Waals surface area contributed by atoms with Crippen LogP contribution in [0.15, 0.2) is 16.9 Å². The normalized spacial score (nSPS) is 12.8. The van der Waals surface area contributed by atoms with E-state index in [9.17, 15) is 0 Å². The van der Waals surface area contributed by atoms with Crippen LogP contribution in [0, 0.1) is 0 Å². The van der Waals surface area contributed by atoms with Crippen LogP contribution in [0.2, 0.25) is 0 Å². The van der Waals surface area contributed by atoms with E-state index in [0.717, 1.165) is 28.0 Å². The maximum atomic E-state index is 5.14. The summed E-state index contributed by atoms with van der Waals surface area (Å²) < 4.78 is 12.0. The van der Waals surface area contributed by atoms with Crippen LogP contribution in [0.5, 0.6) is 0 Å². The highest BCUT2D eigenvalue weighted by molar-refractivity contribution is 9.10. The maximum Gasteiger partial charge on any atom is 0.0885 e. The van der Waals surface area contributed by atoms with Gasteiger partial charge in [0, 0.05) is 7.11 Å². The predicted molar refractivity (Wildman–Crippen MR) is 81.8 cm³/mol. The Morgan fingerprint density at radius 2 is 2.35 bits per heavy atom.